The number of halogens is 2. The molecule has 2 aromatic rings. The molecule has 0 saturated heterocycles. The van der Waals surface area contributed by atoms with Crippen LogP contribution in [0.2, 0.25) is 5.02 Å². The molecule has 2 N–H and O–H groups in total. The topological polar surface area (TPSA) is 43.8 Å². The molecule has 5 heteroatoms. The van der Waals surface area contributed by atoms with Crippen molar-refractivity contribution < 1.29 is 0 Å². The molecule has 0 aliphatic rings. The molecular weight excluding hydrogens is 338 g/mol. The summed E-state index contributed by atoms with van der Waals surface area (Å²) >= 11 is 9.85. The van der Waals surface area contributed by atoms with E-state index in [1.54, 1.807) is 6.20 Å². The molecule has 0 amide bonds. The van der Waals surface area contributed by atoms with E-state index < -0.39 is 0 Å². The molecule has 0 aliphatic carbocycles. The third-order valence-corrected chi connectivity index (χ3v) is 4.93. The maximum atomic E-state index is 6.43. The van der Waals surface area contributed by atoms with Crippen molar-refractivity contribution in [2.75, 3.05) is 0 Å². The molecule has 108 valence electrons. The molecule has 20 heavy (non-hydrogen) atoms. The first kappa shape index (κ1) is 15.5. The second-order valence-corrected chi connectivity index (χ2v) is 6.56. The van der Waals surface area contributed by atoms with Crippen LogP contribution in [0.3, 0.4) is 0 Å². The maximum Gasteiger partial charge on any atom is 0.0837 e. The summed E-state index contributed by atoms with van der Waals surface area (Å²) in [6, 6.07) is 4.13. The average Bonchev–Trinajstić information content (AvgIpc) is 2.76. The van der Waals surface area contributed by atoms with Crippen LogP contribution in [0.25, 0.3) is 0 Å². The van der Waals surface area contributed by atoms with Crippen LogP contribution in [0.4, 0.5) is 0 Å². The van der Waals surface area contributed by atoms with Gasteiger partial charge in [-0.2, -0.15) is 5.10 Å². The highest BCUT2D eigenvalue weighted by molar-refractivity contribution is 9.10. The van der Waals surface area contributed by atoms with Gasteiger partial charge in [0.25, 0.3) is 0 Å². The summed E-state index contributed by atoms with van der Waals surface area (Å²) in [5, 5.41) is 4.93. The Morgan fingerprint density at radius 1 is 1.25 bits per heavy atom. The number of benzene rings is 1. The van der Waals surface area contributed by atoms with Crippen LogP contribution >= 0.6 is 27.5 Å². The van der Waals surface area contributed by atoms with Gasteiger partial charge < -0.3 is 5.73 Å². The number of hydrogen-bond donors (Lipinski definition) is 1. The number of aryl methyl sites for hydroxylation is 2. The van der Waals surface area contributed by atoms with Crippen molar-refractivity contribution in [3.8, 4) is 0 Å². The molecule has 2 rings (SSSR count). The van der Waals surface area contributed by atoms with Gasteiger partial charge in [-0.05, 0) is 44.4 Å². The number of hydrogen-bond acceptors (Lipinski definition) is 2. The minimum absolute atomic E-state index is 0.223. The predicted octanol–water partition coefficient (Wildman–Crippen LogP) is 4.54. The monoisotopic (exact) mass is 355 g/mol. The van der Waals surface area contributed by atoms with Crippen LogP contribution in [0, 0.1) is 13.8 Å². The first-order valence-corrected chi connectivity index (χ1v) is 7.75. The Morgan fingerprint density at radius 2 is 1.80 bits per heavy atom. The number of nitrogens with two attached hydrogens (primary N) is 1. The molecule has 1 heterocycles. The van der Waals surface area contributed by atoms with Gasteiger partial charge in [-0.1, -0.05) is 39.7 Å². The average molecular weight is 357 g/mol. The van der Waals surface area contributed by atoms with Gasteiger partial charge in [0, 0.05) is 10.5 Å². The van der Waals surface area contributed by atoms with Crippen LogP contribution in [-0.4, -0.2) is 9.78 Å². The zero-order chi connectivity index (χ0) is 15.0. The van der Waals surface area contributed by atoms with E-state index in [1.165, 1.54) is 11.1 Å². The Kier molecular flexibility index (Phi) is 4.57. The molecule has 1 aromatic heterocycles. The van der Waals surface area contributed by atoms with E-state index in [9.17, 15) is 0 Å². The summed E-state index contributed by atoms with van der Waals surface area (Å²) in [7, 11) is 0. The third kappa shape index (κ3) is 2.78. The van der Waals surface area contributed by atoms with E-state index in [-0.39, 0.29) is 12.1 Å². The Bertz CT molecular complexity index is 611. The van der Waals surface area contributed by atoms with Crippen molar-refractivity contribution in [1.82, 2.24) is 9.78 Å². The first-order valence-electron chi connectivity index (χ1n) is 6.58. The maximum absolute atomic E-state index is 6.43. The van der Waals surface area contributed by atoms with Gasteiger partial charge in [0.1, 0.15) is 0 Å². The first-order chi connectivity index (χ1) is 9.32. The predicted molar refractivity (Wildman–Crippen MR) is 87.3 cm³/mol. The van der Waals surface area contributed by atoms with E-state index in [0.29, 0.717) is 5.02 Å². The van der Waals surface area contributed by atoms with Gasteiger partial charge in [-0.3, -0.25) is 4.68 Å². The molecule has 1 aromatic carbocycles. The smallest absolute Gasteiger partial charge is 0.0837 e. The van der Waals surface area contributed by atoms with Crippen molar-refractivity contribution in [2.24, 2.45) is 5.73 Å². The van der Waals surface area contributed by atoms with Crippen LogP contribution in [-0.2, 0) is 0 Å². The summed E-state index contributed by atoms with van der Waals surface area (Å²) in [6.45, 7) is 8.26. The van der Waals surface area contributed by atoms with E-state index >= 15 is 0 Å². The minimum atomic E-state index is -0.280. The summed E-state index contributed by atoms with van der Waals surface area (Å²) in [5.74, 6) is 0. The number of aromatic nitrogens is 2. The lowest BCUT2D eigenvalue weighted by Gasteiger charge is -2.19. The van der Waals surface area contributed by atoms with Gasteiger partial charge in [-0.25, -0.2) is 0 Å². The fourth-order valence-electron chi connectivity index (χ4n) is 2.37. The zero-order valence-electron chi connectivity index (χ0n) is 12.1. The van der Waals surface area contributed by atoms with E-state index in [1.807, 2.05) is 4.68 Å². The normalized spacial score (nSPS) is 13.0. The molecule has 1 atom stereocenters. The van der Waals surface area contributed by atoms with Gasteiger partial charge >= 0.3 is 0 Å². The molecule has 1 unspecified atom stereocenters. The van der Waals surface area contributed by atoms with Crippen LogP contribution in [0.1, 0.15) is 48.3 Å². The summed E-state index contributed by atoms with van der Waals surface area (Å²) in [5.41, 5.74) is 10.7. The van der Waals surface area contributed by atoms with Crippen molar-refractivity contribution in [3.05, 3.63) is 50.2 Å². The molecule has 0 saturated carbocycles. The standard InChI is InChI=1S/C15H19BrClN3/c1-8(2)20-15(12(17)7-19-20)14(18)11-5-9(3)13(16)10(4)6-11/h5-8,14H,18H2,1-4H3. The van der Waals surface area contributed by atoms with Gasteiger partial charge in [0.15, 0.2) is 0 Å². The fraction of sp³-hybridized carbons (Fsp3) is 0.400. The highest BCUT2D eigenvalue weighted by Gasteiger charge is 2.21. The van der Waals surface area contributed by atoms with E-state index in [0.717, 1.165) is 15.7 Å². The largest absolute Gasteiger partial charge is 0.319 e. The van der Waals surface area contributed by atoms with Crippen molar-refractivity contribution in [2.45, 2.75) is 39.8 Å². The molecule has 0 aliphatic heterocycles. The lowest BCUT2D eigenvalue weighted by atomic mass is 9.99. The Morgan fingerprint density at radius 3 is 2.30 bits per heavy atom. The van der Waals surface area contributed by atoms with Crippen LogP contribution in [0.15, 0.2) is 22.8 Å². The molecule has 0 spiro atoms. The van der Waals surface area contributed by atoms with Crippen molar-refractivity contribution >= 4 is 27.5 Å². The van der Waals surface area contributed by atoms with Crippen LogP contribution < -0.4 is 5.73 Å². The summed E-state index contributed by atoms with van der Waals surface area (Å²) < 4.78 is 3.01. The van der Waals surface area contributed by atoms with E-state index in [2.05, 4.69) is 60.9 Å². The van der Waals surface area contributed by atoms with Gasteiger partial charge in [0.05, 0.1) is 23.0 Å². The second kappa shape index (κ2) is 5.88. The molecule has 0 bridgehead atoms. The molecule has 0 fully saturated rings. The Labute approximate surface area is 133 Å². The van der Waals surface area contributed by atoms with Gasteiger partial charge in [-0.15, -0.1) is 0 Å². The minimum Gasteiger partial charge on any atom is -0.319 e. The van der Waals surface area contributed by atoms with Crippen molar-refractivity contribution in [3.63, 3.8) is 0 Å². The second-order valence-electron chi connectivity index (χ2n) is 5.36. The molecule has 0 radical (unpaired) electrons. The molecular formula is C15H19BrClN3. The number of nitrogens with zero attached hydrogens (tertiary/aromatic N) is 2. The Balaban J connectivity index is 2.52. The van der Waals surface area contributed by atoms with Crippen molar-refractivity contribution in [1.29, 1.82) is 0 Å². The highest BCUT2D eigenvalue weighted by Crippen LogP contribution is 2.31. The summed E-state index contributed by atoms with van der Waals surface area (Å²) in [6.07, 6.45) is 1.66. The third-order valence-electron chi connectivity index (χ3n) is 3.39. The van der Waals surface area contributed by atoms with Gasteiger partial charge in [0.2, 0.25) is 0 Å². The fourth-order valence-corrected chi connectivity index (χ4v) is 2.85. The lowest BCUT2D eigenvalue weighted by Crippen LogP contribution is -2.19. The summed E-state index contributed by atoms with van der Waals surface area (Å²) in [4.78, 5) is 0. The van der Waals surface area contributed by atoms with Crippen LogP contribution in [0.5, 0.6) is 0 Å². The number of rotatable bonds is 3. The SMILES string of the molecule is Cc1cc(C(N)c2c(Cl)cnn2C(C)C)cc(C)c1Br. The van der Waals surface area contributed by atoms with E-state index in [4.69, 9.17) is 17.3 Å². The lowest BCUT2D eigenvalue weighted by molar-refractivity contribution is 0.499. The highest BCUT2D eigenvalue weighted by atomic mass is 79.9. The Hall–Kier alpha value is -0.840. The quantitative estimate of drug-likeness (QED) is 0.877. The zero-order valence-corrected chi connectivity index (χ0v) is 14.5. The molecule has 3 nitrogen and oxygen atoms in total.